The fourth-order valence-electron chi connectivity index (χ4n) is 3.81. The zero-order valence-corrected chi connectivity index (χ0v) is 21.7. The lowest BCUT2D eigenvalue weighted by Crippen LogP contribution is -2.54. The van der Waals surface area contributed by atoms with E-state index in [1.54, 1.807) is 27.7 Å². The van der Waals surface area contributed by atoms with Gasteiger partial charge in [-0.3, -0.25) is 14.4 Å². The molecule has 1 heterocycles. The summed E-state index contributed by atoms with van der Waals surface area (Å²) < 4.78 is 10.4. The monoisotopic (exact) mass is 507 g/mol. The van der Waals surface area contributed by atoms with Crippen molar-refractivity contribution in [2.24, 2.45) is 5.92 Å². The smallest absolute Gasteiger partial charge is 0.408 e. The van der Waals surface area contributed by atoms with Crippen molar-refractivity contribution in [3.05, 3.63) is 35.9 Å². The number of amides is 3. The molecule has 3 amide bonds. The van der Waals surface area contributed by atoms with Crippen LogP contribution >= 0.6 is 12.6 Å². The van der Waals surface area contributed by atoms with E-state index in [0.717, 1.165) is 5.56 Å². The van der Waals surface area contributed by atoms with E-state index in [4.69, 9.17) is 9.47 Å². The van der Waals surface area contributed by atoms with Crippen LogP contribution < -0.4 is 16.0 Å². The summed E-state index contributed by atoms with van der Waals surface area (Å²) in [5, 5.41) is 7.80. The Labute approximate surface area is 212 Å². The lowest BCUT2D eigenvalue weighted by Gasteiger charge is -2.29. The molecule has 0 radical (unpaired) electrons. The van der Waals surface area contributed by atoms with Gasteiger partial charge in [0.05, 0.1) is 13.0 Å². The number of hydrogen-bond acceptors (Lipinski definition) is 7. The number of carbonyl (C=O) groups excluding carboxylic acids is 4. The van der Waals surface area contributed by atoms with E-state index >= 15 is 0 Å². The molecule has 194 valence electrons. The molecule has 10 heteroatoms. The van der Waals surface area contributed by atoms with Gasteiger partial charge in [-0.25, -0.2) is 4.79 Å². The van der Waals surface area contributed by atoms with Crippen LogP contribution in [0, 0.1) is 5.92 Å². The SMILES string of the molecule is CCOC(=O)C[C@H](S)[C@H](C[C@@H]1CCNC1=O)NC(=O)[C@H](Cc1ccccc1)NC(=O)OC(C)(C)C. The summed E-state index contributed by atoms with van der Waals surface area (Å²) in [5.41, 5.74) is 0.121. The zero-order valence-electron chi connectivity index (χ0n) is 20.8. The maximum absolute atomic E-state index is 13.4. The lowest BCUT2D eigenvalue weighted by molar-refractivity contribution is -0.143. The van der Waals surface area contributed by atoms with Gasteiger partial charge in [0.15, 0.2) is 0 Å². The molecule has 1 aromatic carbocycles. The first kappa shape index (κ1) is 28.5. The normalized spacial score (nSPS) is 18.1. The van der Waals surface area contributed by atoms with Gasteiger partial charge in [-0.1, -0.05) is 30.3 Å². The molecule has 2 rings (SSSR count). The first-order valence-electron chi connectivity index (χ1n) is 11.9. The van der Waals surface area contributed by atoms with Gasteiger partial charge in [-0.15, -0.1) is 0 Å². The van der Waals surface area contributed by atoms with Crippen LogP contribution in [-0.4, -0.2) is 60.0 Å². The second-order valence-corrected chi connectivity index (χ2v) is 10.3. The molecule has 0 aromatic heterocycles. The van der Waals surface area contributed by atoms with E-state index in [9.17, 15) is 19.2 Å². The highest BCUT2D eigenvalue weighted by atomic mass is 32.1. The number of esters is 1. The van der Waals surface area contributed by atoms with Gasteiger partial charge in [0.1, 0.15) is 11.6 Å². The first-order chi connectivity index (χ1) is 16.5. The molecule has 3 N–H and O–H groups in total. The third-order valence-electron chi connectivity index (χ3n) is 5.46. The highest BCUT2D eigenvalue weighted by Crippen LogP contribution is 2.22. The topological polar surface area (TPSA) is 123 Å². The van der Waals surface area contributed by atoms with Crippen molar-refractivity contribution in [1.82, 2.24) is 16.0 Å². The number of benzene rings is 1. The van der Waals surface area contributed by atoms with Crippen molar-refractivity contribution in [3.8, 4) is 0 Å². The van der Waals surface area contributed by atoms with Crippen molar-refractivity contribution < 1.29 is 28.7 Å². The van der Waals surface area contributed by atoms with Crippen LogP contribution in [-0.2, 0) is 30.3 Å². The largest absolute Gasteiger partial charge is 0.466 e. The van der Waals surface area contributed by atoms with Crippen LogP contribution in [0.25, 0.3) is 0 Å². The Morgan fingerprint density at radius 2 is 1.86 bits per heavy atom. The average Bonchev–Trinajstić information content (AvgIpc) is 3.16. The summed E-state index contributed by atoms with van der Waals surface area (Å²) in [5.74, 6) is -1.28. The molecule has 9 nitrogen and oxygen atoms in total. The number of carbonyl (C=O) groups is 4. The number of hydrogen-bond donors (Lipinski definition) is 4. The molecule has 0 bridgehead atoms. The van der Waals surface area contributed by atoms with E-state index in [1.165, 1.54) is 0 Å². The summed E-state index contributed by atoms with van der Waals surface area (Å²) in [7, 11) is 0. The molecule has 0 spiro atoms. The van der Waals surface area contributed by atoms with Crippen LogP contribution in [0.4, 0.5) is 4.79 Å². The van der Waals surface area contributed by atoms with Crippen molar-refractivity contribution in [3.63, 3.8) is 0 Å². The van der Waals surface area contributed by atoms with E-state index in [0.29, 0.717) is 19.4 Å². The Kier molecular flexibility index (Phi) is 10.9. The maximum atomic E-state index is 13.4. The molecule has 1 saturated heterocycles. The summed E-state index contributed by atoms with van der Waals surface area (Å²) in [6.45, 7) is 7.73. The average molecular weight is 508 g/mol. The van der Waals surface area contributed by atoms with Crippen molar-refractivity contribution in [2.75, 3.05) is 13.2 Å². The summed E-state index contributed by atoms with van der Waals surface area (Å²) in [6, 6.07) is 7.76. The number of nitrogens with one attached hydrogen (secondary N) is 3. The van der Waals surface area contributed by atoms with Crippen LogP contribution in [0.15, 0.2) is 30.3 Å². The quantitative estimate of drug-likeness (QED) is 0.269. The van der Waals surface area contributed by atoms with Gasteiger partial charge >= 0.3 is 12.1 Å². The predicted octanol–water partition coefficient (Wildman–Crippen LogP) is 2.38. The number of ether oxygens (including phenoxy) is 2. The van der Waals surface area contributed by atoms with Crippen molar-refractivity contribution in [2.45, 2.75) is 76.3 Å². The van der Waals surface area contributed by atoms with E-state index in [1.807, 2.05) is 30.3 Å². The predicted molar refractivity (Wildman–Crippen MR) is 135 cm³/mol. The Hall–Kier alpha value is -2.75. The summed E-state index contributed by atoms with van der Waals surface area (Å²) in [6.07, 6.45) is 0.440. The van der Waals surface area contributed by atoms with Crippen molar-refractivity contribution >= 4 is 36.5 Å². The molecule has 4 atom stereocenters. The first-order valence-corrected chi connectivity index (χ1v) is 12.4. The zero-order chi connectivity index (χ0) is 26.0. The molecule has 0 unspecified atom stereocenters. The van der Waals surface area contributed by atoms with E-state index in [-0.39, 0.29) is 31.3 Å². The van der Waals surface area contributed by atoms with Gasteiger partial charge in [0, 0.05) is 30.2 Å². The highest BCUT2D eigenvalue weighted by Gasteiger charge is 2.34. The Balaban J connectivity index is 2.20. The molecule has 1 aromatic rings. The van der Waals surface area contributed by atoms with Gasteiger partial charge in [-0.05, 0) is 46.1 Å². The minimum absolute atomic E-state index is 0.0287. The number of rotatable bonds is 11. The molecule has 1 fully saturated rings. The minimum atomic E-state index is -0.935. The van der Waals surface area contributed by atoms with Gasteiger partial charge in [-0.2, -0.15) is 12.6 Å². The molecule has 1 aliphatic rings. The van der Waals surface area contributed by atoms with Crippen LogP contribution in [0.1, 0.15) is 52.5 Å². The maximum Gasteiger partial charge on any atom is 0.408 e. The van der Waals surface area contributed by atoms with E-state index in [2.05, 4.69) is 28.6 Å². The molecule has 0 saturated carbocycles. The number of thiol groups is 1. The molecular weight excluding hydrogens is 470 g/mol. The fraction of sp³-hybridized carbons (Fsp3) is 0.600. The van der Waals surface area contributed by atoms with Gasteiger partial charge in [0.25, 0.3) is 0 Å². The third-order valence-corrected chi connectivity index (χ3v) is 6.01. The highest BCUT2D eigenvalue weighted by molar-refractivity contribution is 7.81. The molecule has 1 aliphatic heterocycles. The van der Waals surface area contributed by atoms with Crippen LogP contribution in [0.2, 0.25) is 0 Å². The Morgan fingerprint density at radius 1 is 1.17 bits per heavy atom. The van der Waals surface area contributed by atoms with Gasteiger partial charge in [0.2, 0.25) is 11.8 Å². The van der Waals surface area contributed by atoms with Crippen LogP contribution in [0.3, 0.4) is 0 Å². The fourth-order valence-corrected chi connectivity index (χ4v) is 4.16. The standard InChI is InChI=1S/C25H37N3O6S/c1-5-33-21(29)15-20(35)18(14-17-11-12-26-22(17)30)27-23(31)19(13-16-9-7-6-8-10-16)28-24(32)34-25(2,3)4/h6-10,17-20,35H,5,11-15H2,1-4H3,(H,26,30)(H,27,31)(H,28,32)/t17-,18-,19-,20-/m0/s1. The molecular formula is C25H37N3O6S. The molecule has 0 aliphatic carbocycles. The third kappa shape index (κ3) is 10.2. The number of alkyl carbamates (subject to hydrolysis) is 1. The minimum Gasteiger partial charge on any atom is -0.466 e. The van der Waals surface area contributed by atoms with Gasteiger partial charge < -0.3 is 25.4 Å². The lowest BCUT2D eigenvalue weighted by atomic mass is 9.94. The summed E-state index contributed by atoms with van der Waals surface area (Å²) >= 11 is 4.57. The Bertz CT molecular complexity index is 874. The molecule has 35 heavy (non-hydrogen) atoms. The Morgan fingerprint density at radius 3 is 2.43 bits per heavy atom. The summed E-state index contributed by atoms with van der Waals surface area (Å²) in [4.78, 5) is 50.1. The van der Waals surface area contributed by atoms with E-state index < -0.39 is 40.9 Å². The van der Waals surface area contributed by atoms with Crippen LogP contribution in [0.5, 0.6) is 0 Å². The van der Waals surface area contributed by atoms with Crippen molar-refractivity contribution in [1.29, 1.82) is 0 Å². The second-order valence-electron chi connectivity index (χ2n) is 9.59. The second kappa shape index (κ2) is 13.4.